The van der Waals surface area contributed by atoms with Crippen LogP contribution in [-0.2, 0) is 4.79 Å². The summed E-state index contributed by atoms with van der Waals surface area (Å²) < 4.78 is 0. The molecule has 1 atom stereocenters. The monoisotopic (exact) mass is 143 g/mol. The lowest BCUT2D eigenvalue weighted by molar-refractivity contribution is -0.122. The molecule has 0 aromatic carbocycles. The van der Waals surface area contributed by atoms with Gasteiger partial charge in [-0.3, -0.25) is 4.79 Å². The zero-order chi connectivity index (χ0) is 8.15. The average molecular weight is 143 g/mol. The van der Waals surface area contributed by atoms with Crippen LogP contribution in [0.2, 0.25) is 0 Å². The Morgan fingerprint density at radius 1 is 1.50 bits per heavy atom. The summed E-state index contributed by atoms with van der Waals surface area (Å²) in [7, 11) is 0. The van der Waals surface area contributed by atoms with Crippen LogP contribution in [0.3, 0.4) is 0 Å². The summed E-state index contributed by atoms with van der Waals surface area (Å²) in [5.41, 5.74) is 5.16. The Morgan fingerprint density at radius 3 is 2.10 bits per heavy atom. The minimum Gasteiger partial charge on any atom is -0.369 e. The van der Waals surface area contributed by atoms with Gasteiger partial charge in [0.25, 0.3) is 0 Å². The van der Waals surface area contributed by atoms with Crippen LogP contribution in [0.1, 0.15) is 33.6 Å². The molecule has 0 aromatic rings. The maximum atomic E-state index is 10.7. The predicted molar refractivity (Wildman–Crippen MR) is 42.4 cm³/mol. The SMILES string of the molecule is CC[C@H](CC(C)C)C(N)=O. The number of hydrogen-bond donors (Lipinski definition) is 1. The number of primary amides is 1. The number of nitrogens with two attached hydrogens (primary N) is 1. The third kappa shape index (κ3) is 3.49. The first-order chi connectivity index (χ1) is 4.57. The second kappa shape index (κ2) is 4.31. The molecule has 60 valence electrons. The molecule has 10 heavy (non-hydrogen) atoms. The Bertz CT molecular complexity index is 110. The van der Waals surface area contributed by atoms with Crippen molar-refractivity contribution in [2.75, 3.05) is 0 Å². The van der Waals surface area contributed by atoms with E-state index < -0.39 is 0 Å². The van der Waals surface area contributed by atoms with Crippen molar-refractivity contribution in [1.82, 2.24) is 0 Å². The van der Waals surface area contributed by atoms with E-state index in [9.17, 15) is 4.79 Å². The van der Waals surface area contributed by atoms with Crippen molar-refractivity contribution in [3.63, 3.8) is 0 Å². The topological polar surface area (TPSA) is 43.1 Å². The van der Waals surface area contributed by atoms with E-state index in [1.165, 1.54) is 0 Å². The highest BCUT2D eigenvalue weighted by Crippen LogP contribution is 2.13. The molecule has 0 fully saturated rings. The summed E-state index contributed by atoms with van der Waals surface area (Å²) in [5, 5.41) is 0. The smallest absolute Gasteiger partial charge is 0.220 e. The van der Waals surface area contributed by atoms with Crippen LogP contribution < -0.4 is 5.73 Å². The normalized spacial score (nSPS) is 13.6. The number of amides is 1. The molecule has 0 aliphatic carbocycles. The summed E-state index contributed by atoms with van der Waals surface area (Å²) in [5.74, 6) is 0.494. The van der Waals surface area contributed by atoms with Gasteiger partial charge in [0.05, 0.1) is 0 Å². The maximum Gasteiger partial charge on any atom is 0.220 e. The summed E-state index contributed by atoms with van der Waals surface area (Å²) in [6, 6.07) is 0. The number of hydrogen-bond acceptors (Lipinski definition) is 1. The van der Waals surface area contributed by atoms with Gasteiger partial charge in [-0.15, -0.1) is 0 Å². The van der Waals surface area contributed by atoms with Crippen LogP contribution in [0.15, 0.2) is 0 Å². The minimum atomic E-state index is -0.156. The molecule has 0 aromatic heterocycles. The Kier molecular flexibility index (Phi) is 4.08. The molecule has 0 spiro atoms. The van der Waals surface area contributed by atoms with Crippen molar-refractivity contribution in [2.24, 2.45) is 17.6 Å². The first-order valence-corrected chi connectivity index (χ1v) is 3.87. The molecule has 0 unspecified atom stereocenters. The van der Waals surface area contributed by atoms with Crippen molar-refractivity contribution in [3.8, 4) is 0 Å². The fourth-order valence-corrected chi connectivity index (χ4v) is 1.05. The van der Waals surface area contributed by atoms with E-state index in [4.69, 9.17) is 5.73 Å². The minimum absolute atomic E-state index is 0.0833. The third-order valence-corrected chi connectivity index (χ3v) is 1.65. The number of rotatable bonds is 4. The molecule has 0 heterocycles. The maximum absolute atomic E-state index is 10.7. The molecule has 0 bridgehead atoms. The first-order valence-electron chi connectivity index (χ1n) is 3.87. The second-order valence-electron chi connectivity index (χ2n) is 3.14. The highest BCUT2D eigenvalue weighted by atomic mass is 16.1. The largest absolute Gasteiger partial charge is 0.369 e. The second-order valence-corrected chi connectivity index (χ2v) is 3.14. The van der Waals surface area contributed by atoms with Crippen molar-refractivity contribution < 1.29 is 4.79 Å². The number of carbonyl (C=O) groups excluding carboxylic acids is 1. The fraction of sp³-hybridized carbons (Fsp3) is 0.875. The van der Waals surface area contributed by atoms with Crippen molar-refractivity contribution in [3.05, 3.63) is 0 Å². The highest BCUT2D eigenvalue weighted by Gasteiger charge is 2.13. The van der Waals surface area contributed by atoms with Crippen LogP contribution in [0.4, 0.5) is 0 Å². The Labute approximate surface area is 62.8 Å². The standard InChI is InChI=1S/C8H17NO/c1-4-7(8(9)10)5-6(2)3/h6-7H,4-5H2,1-3H3,(H2,9,10)/t7-/m1/s1. The van der Waals surface area contributed by atoms with E-state index >= 15 is 0 Å². The molecule has 0 radical (unpaired) electrons. The van der Waals surface area contributed by atoms with E-state index in [0.717, 1.165) is 12.8 Å². The van der Waals surface area contributed by atoms with Crippen molar-refractivity contribution in [1.29, 1.82) is 0 Å². The van der Waals surface area contributed by atoms with Crippen LogP contribution >= 0.6 is 0 Å². The van der Waals surface area contributed by atoms with Gasteiger partial charge in [-0.1, -0.05) is 20.8 Å². The molecule has 0 aliphatic heterocycles. The lowest BCUT2D eigenvalue weighted by atomic mass is 9.94. The van der Waals surface area contributed by atoms with Gasteiger partial charge >= 0.3 is 0 Å². The number of carbonyl (C=O) groups is 1. The summed E-state index contributed by atoms with van der Waals surface area (Å²) in [4.78, 5) is 10.7. The lowest BCUT2D eigenvalue weighted by Gasteiger charge is -2.12. The summed E-state index contributed by atoms with van der Waals surface area (Å²) >= 11 is 0. The van der Waals surface area contributed by atoms with Gasteiger partial charge in [0, 0.05) is 5.92 Å². The van der Waals surface area contributed by atoms with Gasteiger partial charge in [-0.05, 0) is 18.8 Å². The van der Waals surface area contributed by atoms with Gasteiger partial charge in [-0.2, -0.15) is 0 Å². The van der Waals surface area contributed by atoms with E-state index in [-0.39, 0.29) is 11.8 Å². The molecule has 2 N–H and O–H groups in total. The van der Waals surface area contributed by atoms with Crippen LogP contribution in [-0.4, -0.2) is 5.91 Å². The van der Waals surface area contributed by atoms with Gasteiger partial charge in [-0.25, -0.2) is 0 Å². The van der Waals surface area contributed by atoms with Crippen LogP contribution in [0.25, 0.3) is 0 Å². The molecule has 2 heteroatoms. The summed E-state index contributed by atoms with van der Waals surface area (Å²) in [6.07, 6.45) is 1.79. The fourth-order valence-electron chi connectivity index (χ4n) is 1.05. The van der Waals surface area contributed by atoms with Crippen molar-refractivity contribution >= 4 is 5.91 Å². The lowest BCUT2D eigenvalue weighted by Crippen LogP contribution is -2.23. The van der Waals surface area contributed by atoms with Gasteiger partial charge in [0.2, 0.25) is 5.91 Å². The Morgan fingerprint density at radius 2 is 2.00 bits per heavy atom. The summed E-state index contributed by atoms with van der Waals surface area (Å²) in [6.45, 7) is 6.20. The quantitative estimate of drug-likeness (QED) is 0.637. The van der Waals surface area contributed by atoms with Crippen LogP contribution in [0.5, 0.6) is 0 Å². The molecule has 2 nitrogen and oxygen atoms in total. The highest BCUT2D eigenvalue weighted by molar-refractivity contribution is 5.76. The van der Waals surface area contributed by atoms with Crippen molar-refractivity contribution in [2.45, 2.75) is 33.6 Å². The molecule has 0 saturated carbocycles. The first kappa shape index (κ1) is 9.47. The van der Waals surface area contributed by atoms with Gasteiger partial charge < -0.3 is 5.73 Å². The van der Waals surface area contributed by atoms with E-state index in [1.807, 2.05) is 6.92 Å². The van der Waals surface area contributed by atoms with E-state index in [2.05, 4.69) is 13.8 Å². The molecular weight excluding hydrogens is 126 g/mol. The average Bonchev–Trinajstić information content (AvgIpc) is 1.81. The molecule has 0 aliphatic rings. The van der Waals surface area contributed by atoms with Crippen LogP contribution in [0, 0.1) is 11.8 Å². The Hall–Kier alpha value is -0.530. The predicted octanol–water partition coefficient (Wildman–Crippen LogP) is 1.54. The zero-order valence-electron chi connectivity index (χ0n) is 7.05. The molecule has 0 rings (SSSR count). The van der Waals surface area contributed by atoms with E-state index in [1.54, 1.807) is 0 Å². The molecular formula is C8H17NO. The Balaban J connectivity index is 3.72. The molecule has 1 amide bonds. The molecule has 0 saturated heterocycles. The van der Waals surface area contributed by atoms with Gasteiger partial charge in [0.15, 0.2) is 0 Å². The zero-order valence-corrected chi connectivity index (χ0v) is 7.05. The van der Waals surface area contributed by atoms with Gasteiger partial charge in [0.1, 0.15) is 0 Å². The van der Waals surface area contributed by atoms with E-state index in [0.29, 0.717) is 5.92 Å². The third-order valence-electron chi connectivity index (χ3n) is 1.65.